The van der Waals surface area contributed by atoms with E-state index in [0.29, 0.717) is 11.9 Å². The Balaban J connectivity index is 1.76. The van der Waals surface area contributed by atoms with E-state index in [1.165, 1.54) is 12.8 Å². The van der Waals surface area contributed by atoms with Gasteiger partial charge in [-0.2, -0.15) is 0 Å². The molecule has 0 spiro atoms. The number of para-hydroxylation sites is 1. The molecule has 0 atom stereocenters. The van der Waals surface area contributed by atoms with Crippen molar-refractivity contribution in [3.63, 3.8) is 0 Å². The third-order valence-corrected chi connectivity index (χ3v) is 5.29. The van der Waals surface area contributed by atoms with Gasteiger partial charge in [0.25, 0.3) is 0 Å². The maximum absolute atomic E-state index is 12.4. The maximum Gasteiger partial charge on any atom is 0.227 e. The summed E-state index contributed by atoms with van der Waals surface area (Å²) in [6, 6.07) is 16.1. The van der Waals surface area contributed by atoms with Gasteiger partial charge in [0.1, 0.15) is 5.75 Å². The highest BCUT2D eigenvalue weighted by Gasteiger charge is 2.27. The third kappa shape index (κ3) is 3.52. The molecule has 2 aromatic carbocycles. The van der Waals surface area contributed by atoms with Gasteiger partial charge in [-0.25, -0.2) is 4.98 Å². The second-order valence-electron chi connectivity index (χ2n) is 7.22. The number of rotatable bonds is 4. The van der Waals surface area contributed by atoms with Gasteiger partial charge in [-0.05, 0) is 61.0 Å². The van der Waals surface area contributed by atoms with Crippen molar-refractivity contribution in [2.75, 3.05) is 4.90 Å². The van der Waals surface area contributed by atoms with Crippen LogP contribution in [0, 0.1) is 6.92 Å². The van der Waals surface area contributed by atoms with Crippen LogP contribution in [-0.4, -0.2) is 16.9 Å². The van der Waals surface area contributed by atoms with Crippen LogP contribution in [0.2, 0.25) is 0 Å². The topological polar surface area (TPSA) is 42.4 Å². The minimum absolute atomic E-state index is 0.110. The molecule has 3 aromatic rings. The highest BCUT2D eigenvalue weighted by molar-refractivity contribution is 5.98. The zero-order valence-corrected chi connectivity index (χ0v) is 15.8. The zero-order valence-electron chi connectivity index (χ0n) is 15.8. The van der Waals surface area contributed by atoms with E-state index < -0.39 is 0 Å². The van der Waals surface area contributed by atoms with Gasteiger partial charge in [0.2, 0.25) is 11.8 Å². The average molecular weight is 360 g/mol. The molecule has 4 heteroatoms. The van der Waals surface area contributed by atoms with Crippen molar-refractivity contribution in [2.45, 2.75) is 45.6 Å². The number of hydrogen-bond donors (Lipinski definition) is 0. The van der Waals surface area contributed by atoms with E-state index in [9.17, 15) is 4.79 Å². The minimum Gasteiger partial charge on any atom is -0.438 e. The number of amides is 1. The van der Waals surface area contributed by atoms with Gasteiger partial charge in [-0.15, -0.1) is 0 Å². The second-order valence-corrected chi connectivity index (χ2v) is 7.22. The predicted octanol–water partition coefficient (Wildman–Crippen LogP) is 5.63. The van der Waals surface area contributed by atoms with E-state index in [4.69, 9.17) is 4.74 Å². The Morgan fingerprint density at radius 2 is 1.85 bits per heavy atom. The van der Waals surface area contributed by atoms with Crippen molar-refractivity contribution < 1.29 is 9.53 Å². The Morgan fingerprint density at radius 3 is 2.56 bits per heavy atom. The Morgan fingerprint density at radius 1 is 1.11 bits per heavy atom. The molecule has 27 heavy (non-hydrogen) atoms. The first-order valence-corrected chi connectivity index (χ1v) is 9.55. The van der Waals surface area contributed by atoms with Crippen LogP contribution in [0.3, 0.4) is 0 Å². The predicted molar refractivity (Wildman–Crippen MR) is 108 cm³/mol. The molecule has 1 aromatic heterocycles. The summed E-state index contributed by atoms with van der Waals surface area (Å²) in [5.41, 5.74) is 2.06. The fourth-order valence-electron chi connectivity index (χ4n) is 4.02. The molecule has 0 N–H and O–H groups in total. The van der Waals surface area contributed by atoms with Gasteiger partial charge in [-0.1, -0.05) is 31.0 Å². The summed E-state index contributed by atoms with van der Waals surface area (Å²) < 4.78 is 6.00. The summed E-state index contributed by atoms with van der Waals surface area (Å²) in [4.78, 5) is 18.8. The number of fused-ring (bicyclic) bond motifs is 1. The number of ether oxygens (including phenoxy) is 1. The monoisotopic (exact) mass is 360 g/mol. The van der Waals surface area contributed by atoms with E-state index >= 15 is 0 Å². The van der Waals surface area contributed by atoms with Crippen LogP contribution >= 0.6 is 0 Å². The summed E-state index contributed by atoms with van der Waals surface area (Å²) in [5, 5.41) is 1.98. The van der Waals surface area contributed by atoms with E-state index in [2.05, 4.69) is 24.0 Å². The lowest BCUT2D eigenvalue weighted by Crippen LogP contribution is -2.37. The van der Waals surface area contributed by atoms with Gasteiger partial charge in [0, 0.05) is 30.2 Å². The number of nitrogens with zero attached hydrogens (tertiary/aromatic N) is 2. The molecular formula is C23H24N2O2. The molecular weight excluding hydrogens is 336 g/mol. The molecule has 1 aliphatic carbocycles. The van der Waals surface area contributed by atoms with Gasteiger partial charge in [-0.3, -0.25) is 4.79 Å². The lowest BCUT2D eigenvalue weighted by molar-refractivity contribution is -0.117. The number of carbonyl (C=O) groups excluding carboxylic acids is 1. The smallest absolute Gasteiger partial charge is 0.227 e. The summed E-state index contributed by atoms with van der Waals surface area (Å²) in [7, 11) is 0. The lowest BCUT2D eigenvalue weighted by atomic mass is 10.0. The molecule has 0 radical (unpaired) electrons. The summed E-state index contributed by atoms with van der Waals surface area (Å²) >= 11 is 0. The van der Waals surface area contributed by atoms with Crippen LogP contribution in [0.25, 0.3) is 10.8 Å². The summed E-state index contributed by atoms with van der Waals surface area (Å²) in [6.45, 7) is 3.72. The number of hydrogen-bond acceptors (Lipinski definition) is 3. The van der Waals surface area contributed by atoms with Crippen molar-refractivity contribution in [1.82, 2.24) is 4.98 Å². The van der Waals surface area contributed by atoms with Crippen LogP contribution in [0.4, 0.5) is 5.69 Å². The van der Waals surface area contributed by atoms with Crippen molar-refractivity contribution >= 4 is 22.4 Å². The first-order chi connectivity index (χ1) is 13.1. The van der Waals surface area contributed by atoms with E-state index in [1.54, 1.807) is 13.1 Å². The Bertz CT molecular complexity index is 963. The first kappa shape index (κ1) is 17.5. The van der Waals surface area contributed by atoms with Crippen molar-refractivity contribution in [1.29, 1.82) is 0 Å². The molecule has 1 amide bonds. The lowest BCUT2D eigenvalue weighted by Gasteiger charge is -2.29. The van der Waals surface area contributed by atoms with Gasteiger partial charge < -0.3 is 9.64 Å². The van der Waals surface area contributed by atoms with Gasteiger partial charge >= 0.3 is 0 Å². The Labute approximate surface area is 159 Å². The maximum atomic E-state index is 12.4. The quantitative estimate of drug-likeness (QED) is 0.605. The van der Waals surface area contributed by atoms with Crippen molar-refractivity contribution in [2.24, 2.45) is 0 Å². The minimum atomic E-state index is 0.110. The molecule has 0 aliphatic heterocycles. The normalized spacial score (nSPS) is 14.4. The second kappa shape index (κ2) is 7.39. The SMILES string of the molecule is CC(=O)N(c1cc2ccnc(Oc3ccccc3)c2cc1C)C1CCCC1. The molecule has 0 saturated heterocycles. The molecule has 1 saturated carbocycles. The fourth-order valence-corrected chi connectivity index (χ4v) is 4.02. The summed E-state index contributed by atoms with van der Waals surface area (Å²) in [6.07, 6.45) is 6.30. The molecule has 0 unspecified atom stereocenters. The third-order valence-electron chi connectivity index (χ3n) is 5.29. The molecule has 1 aliphatic rings. The van der Waals surface area contributed by atoms with E-state index in [1.807, 2.05) is 41.3 Å². The molecule has 138 valence electrons. The molecule has 1 fully saturated rings. The van der Waals surface area contributed by atoms with E-state index in [0.717, 1.165) is 40.6 Å². The molecule has 0 bridgehead atoms. The fraction of sp³-hybridized carbons (Fsp3) is 0.304. The Hall–Kier alpha value is -2.88. The number of aryl methyl sites for hydroxylation is 1. The van der Waals surface area contributed by atoms with Crippen LogP contribution in [-0.2, 0) is 4.79 Å². The number of aromatic nitrogens is 1. The Kier molecular flexibility index (Phi) is 4.80. The van der Waals surface area contributed by atoms with Gasteiger partial charge in [0.15, 0.2) is 0 Å². The standard InChI is InChI=1S/C23H24N2O2/c1-16-14-21-18(12-13-24-23(21)27-20-10-4-3-5-11-20)15-22(16)25(17(2)26)19-8-6-7-9-19/h3-5,10-15,19H,6-9H2,1-2H3. The van der Waals surface area contributed by atoms with Crippen LogP contribution in [0.5, 0.6) is 11.6 Å². The summed E-state index contributed by atoms with van der Waals surface area (Å²) in [5.74, 6) is 1.46. The molecule has 1 heterocycles. The highest BCUT2D eigenvalue weighted by Crippen LogP contribution is 2.36. The van der Waals surface area contributed by atoms with Crippen LogP contribution in [0.1, 0.15) is 38.2 Å². The highest BCUT2D eigenvalue weighted by atomic mass is 16.5. The molecule has 4 rings (SSSR count). The number of carbonyl (C=O) groups is 1. The molecule has 4 nitrogen and oxygen atoms in total. The average Bonchev–Trinajstić information content (AvgIpc) is 3.18. The number of anilines is 1. The van der Waals surface area contributed by atoms with Gasteiger partial charge in [0.05, 0.1) is 0 Å². The largest absolute Gasteiger partial charge is 0.438 e. The van der Waals surface area contributed by atoms with Crippen molar-refractivity contribution in [3.05, 3.63) is 60.3 Å². The zero-order chi connectivity index (χ0) is 18.8. The van der Waals surface area contributed by atoms with Crippen LogP contribution in [0.15, 0.2) is 54.7 Å². The van der Waals surface area contributed by atoms with Crippen molar-refractivity contribution in [3.8, 4) is 11.6 Å². The van der Waals surface area contributed by atoms with E-state index in [-0.39, 0.29) is 5.91 Å². The number of benzene rings is 2. The number of pyridine rings is 1. The first-order valence-electron chi connectivity index (χ1n) is 9.55. The van der Waals surface area contributed by atoms with Crippen LogP contribution < -0.4 is 9.64 Å².